The first-order valence-electron chi connectivity index (χ1n) is 8.65. The highest BCUT2D eigenvalue weighted by atomic mass is 32.2. The molecule has 23 heavy (non-hydrogen) atoms. The number of aromatic nitrogens is 2. The zero-order chi connectivity index (χ0) is 17.1. The number of imidazole rings is 1. The summed E-state index contributed by atoms with van der Waals surface area (Å²) in [5.74, 6) is 2.57. The van der Waals surface area contributed by atoms with E-state index in [1.54, 1.807) is 0 Å². The normalized spacial score (nSPS) is 23.3. The molecule has 2 N–H and O–H groups in total. The molecule has 1 aromatic rings. The second-order valence-electron chi connectivity index (χ2n) is 7.51. The highest BCUT2D eigenvalue weighted by Crippen LogP contribution is 2.30. The number of nitrogens with zero attached hydrogens (tertiary/aromatic N) is 3. The number of nitrogens with two attached hydrogens (primary N) is 1. The Morgan fingerprint density at radius 2 is 2.13 bits per heavy atom. The van der Waals surface area contributed by atoms with Crippen molar-refractivity contribution in [1.82, 2.24) is 14.5 Å². The summed E-state index contributed by atoms with van der Waals surface area (Å²) < 4.78 is 13.8. The molecule has 1 fully saturated rings. The van der Waals surface area contributed by atoms with Crippen LogP contribution in [0.2, 0.25) is 0 Å². The number of likely N-dealkylation sites (tertiary alicyclic amines) is 1. The Morgan fingerprint density at radius 3 is 2.65 bits per heavy atom. The molecule has 1 saturated heterocycles. The number of rotatable bonds is 7. The van der Waals surface area contributed by atoms with Crippen molar-refractivity contribution in [2.24, 2.45) is 17.0 Å². The predicted octanol–water partition coefficient (Wildman–Crippen LogP) is 2.28. The van der Waals surface area contributed by atoms with Gasteiger partial charge in [-0.3, -0.25) is 5.14 Å². The zero-order valence-electron chi connectivity index (χ0n) is 15.2. The van der Waals surface area contributed by atoms with Crippen molar-refractivity contribution in [3.63, 3.8) is 0 Å². The van der Waals surface area contributed by atoms with Crippen molar-refractivity contribution in [3.8, 4) is 0 Å². The first-order valence-corrected chi connectivity index (χ1v) is 9.92. The highest BCUT2D eigenvalue weighted by Gasteiger charge is 2.25. The third-order valence-electron chi connectivity index (χ3n) is 5.11. The van der Waals surface area contributed by atoms with Crippen molar-refractivity contribution < 1.29 is 4.21 Å². The SMILES string of the molecule is Cc1nc([C@@H](CC(C)S(N)=O)C(C)C)cn1C[C@H]1CCN(C)C1. The van der Waals surface area contributed by atoms with Gasteiger partial charge in [0.1, 0.15) is 5.82 Å². The van der Waals surface area contributed by atoms with Crippen molar-refractivity contribution >= 4 is 11.0 Å². The van der Waals surface area contributed by atoms with E-state index in [9.17, 15) is 4.21 Å². The third kappa shape index (κ3) is 4.88. The Balaban J connectivity index is 2.11. The number of aryl methyl sites for hydroxylation is 1. The van der Waals surface area contributed by atoms with Crippen LogP contribution in [0.3, 0.4) is 0 Å². The van der Waals surface area contributed by atoms with Gasteiger partial charge in [-0.1, -0.05) is 13.8 Å². The zero-order valence-corrected chi connectivity index (χ0v) is 16.0. The second kappa shape index (κ2) is 7.90. The molecule has 0 radical (unpaired) electrons. The third-order valence-corrected chi connectivity index (χ3v) is 6.09. The van der Waals surface area contributed by atoms with Gasteiger partial charge in [0.15, 0.2) is 0 Å². The maximum atomic E-state index is 11.5. The number of hydrogen-bond acceptors (Lipinski definition) is 3. The molecule has 0 bridgehead atoms. The molecule has 5 nitrogen and oxygen atoms in total. The topological polar surface area (TPSA) is 64.1 Å². The Kier molecular flexibility index (Phi) is 6.40. The van der Waals surface area contributed by atoms with Crippen LogP contribution in [0, 0.1) is 18.8 Å². The average molecular weight is 341 g/mol. The van der Waals surface area contributed by atoms with E-state index in [1.807, 2.05) is 6.92 Å². The van der Waals surface area contributed by atoms with Gasteiger partial charge in [0.05, 0.1) is 16.7 Å². The standard InChI is InChI=1S/C17H32N4OS/c1-12(2)16(8-13(3)23(18)22)17-11-21(14(4)19-17)10-15-6-7-20(5)9-15/h11-13,15-16H,6-10,18H2,1-5H3/t13?,15-,16-,23?/m0/s1. The monoisotopic (exact) mass is 340 g/mol. The summed E-state index contributed by atoms with van der Waals surface area (Å²) in [5.41, 5.74) is 1.13. The first kappa shape index (κ1) is 18.6. The molecule has 0 spiro atoms. The van der Waals surface area contributed by atoms with Crippen molar-refractivity contribution in [2.45, 2.75) is 58.2 Å². The van der Waals surface area contributed by atoms with Gasteiger partial charge in [0, 0.05) is 30.5 Å². The van der Waals surface area contributed by atoms with Gasteiger partial charge >= 0.3 is 0 Å². The molecule has 1 aromatic heterocycles. The fraction of sp³-hybridized carbons (Fsp3) is 0.824. The quantitative estimate of drug-likeness (QED) is 0.828. The maximum absolute atomic E-state index is 11.5. The summed E-state index contributed by atoms with van der Waals surface area (Å²) in [6.07, 6.45) is 4.30. The van der Waals surface area contributed by atoms with E-state index >= 15 is 0 Å². The van der Waals surface area contributed by atoms with E-state index in [4.69, 9.17) is 10.1 Å². The lowest BCUT2D eigenvalue weighted by Gasteiger charge is -2.21. The smallest absolute Gasteiger partial charge is 0.105 e. The Morgan fingerprint density at radius 1 is 1.43 bits per heavy atom. The van der Waals surface area contributed by atoms with Crippen LogP contribution in [-0.4, -0.2) is 44.0 Å². The van der Waals surface area contributed by atoms with E-state index < -0.39 is 11.0 Å². The van der Waals surface area contributed by atoms with Crippen LogP contribution in [0.1, 0.15) is 51.0 Å². The largest absolute Gasteiger partial charge is 0.335 e. The van der Waals surface area contributed by atoms with E-state index in [1.165, 1.54) is 19.5 Å². The van der Waals surface area contributed by atoms with E-state index in [0.717, 1.165) is 24.5 Å². The summed E-state index contributed by atoms with van der Waals surface area (Å²) in [7, 11) is 0.922. The molecule has 132 valence electrons. The fourth-order valence-corrected chi connectivity index (χ4v) is 3.93. The molecule has 2 heterocycles. The lowest BCUT2D eigenvalue weighted by atomic mass is 9.89. The number of hydrogen-bond donors (Lipinski definition) is 1. The molecule has 0 amide bonds. The second-order valence-corrected chi connectivity index (χ2v) is 8.97. The van der Waals surface area contributed by atoms with Gasteiger partial charge in [-0.2, -0.15) is 0 Å². The van der Waals surface area contributed by atoms with Crippen LogP contribution in [-0.2, 0) is 17.5 Å². The average Bonchev–Trinajstić information content (AvgIpc) is 3.02. The molecule has 4 atom stereocenters. The minimum absolute atomic E-state index is 0.00339. The van der Waals surface area contributed by atoms with E-state index in [2.05, 4.69) is 43.5 Å². The van der Waals surface area contributed by atoms with Gasteiger partial charge in [-0.05, 0) is 52.1 Å². The summed E-state index contributed by atoms with van der Waals surface area (Å²) >= 11 is 0. The van der Waals surface area contributed by atoms with Crippen molar-refractivity contribution in [2.75, 3.05) is 20.1 Å². The minimum Gasteiger partial charge on any atom is -0.335 e. The minimum atomic E-state index is -1.27. The molecule has 1 aliphatic heterocycles. The Bertz CT molecular complexity index is 543. The predicted molar refractivity (Wildman–Crippen MR) is 96.6 cm³/mol. The molecule has 0 aliphatic carbocycles. The van der Waals surface area contributed by atoms with Crippen LogP contribution >= 0.6 is 0 Å². The molecule has 1 aliphatic rings. The van der Waals surface area contributed by atoms with E-state index in [0.29, 0.717) is 17.8 Å². The Labute approximate surface area is 143 Å². The molecule has 2 rings (SSSR count). The first-order chi connectivity index (χ1) is 10.8. The summed E-state index contributed by atoms with van der Waals surface area (Å²) in [4.78, 5) is 7.21. The summed E-state index contributed by atoms with van der Waals surface area (Å²) in [6, 6.07) is 0. The molecule has 0 saturated carbocycles. The summed E-state index contributed by atoms with van der Waals surface area (Å²) in [6.45, 7) is 11.9. The van der Waals surface area contributed by atoms with Crippen molar-refractivity contribution in [3.05, 3.63) is 17.7 Å². The maximum Gasteiger partial charge on any atom is 0.105 e. The summed E-state index contributed by atoms with van der Waals surface area (Å²) in [5, 5.41) is 5.56. The van der Waals surface area contributed by atoms with Gasteiger partial charge in [0.2, 0.25) is 0 Å². The molecular weight excluding hydrogens is 308 g/mol. The molecule has 6 heteroatoms. The van der Waals surface area contributed by atoms with Crippen LogP contribution < -0.4 is 5.14 Å². The molecular formula is C17H32N4OS. The van der Waals surface area contributed by atoms with Crippen LogP contribution in [0.25, 0.3) is 0 Å². The van der Waals surface area contributed by atoms with Crippen LogP contribution in [0.5, 0.6) is 0 Å². The highest BCUT2D eigenvalue weighted by molar-refractivity contribution is 7.83. The van der Waals surface area contributed by atoms with Crippen LogP contribution in [0.4, 0.5) is 0 Å². The lowest BCUT2D eigenvalue weighted by Crippen LogP contribution is -2.23. The van der Waals surface area contributed by atoms with Gasteiger partial charge in [-0.15, -0.1) is 0 Å². The molecule has 0 aromatic carbocycles. The van der Waals surface area contributed by atoms with Crippen molar-refractivity contribution in [1.29, 1.82) is 0 Å². The fourth-order valence-electron chi connectivity index (χ4n) is 3.54. The van der Waals surface area contributed by atoms with Gasteiger partial charge in [0.25, 0.3) is 0 Å². The van der Waals surface area contributed by atoms with Crippen LogP contribution in [0.15, 0.2) is 6.20 Å². The van der Waals surface area contributed by atoms with E-state index in [-0.39, 0.29) is 5.25 Å². The lowest BCUT2D eigenvalue weighted by molar-refractivity contribution is 0.376. The Hall–Kier alpha value is -0.720. The van der Waals surface area contributed by atoms with Gasteiger partial charge in [-0.25, -0.2) is 9.19 Å². The molecule has 2 unspecified atom stereocenters. The van der Waals surface area contributed by atoms with Gasteiger partial charge < -0.3 is 9.47 Å².